The molecule has 1 aromatic carbocycles. The van der Waals surface area contributed by atoms with Crippen molar-refractivity contribution >= 4 is 5.97 Å². The van der Waals surface area contributed by atoms with Crippen LogP contribution in [0.1, 0.15) is 102 Å². The molecular weight excluding hydrogens is 362 g/mol. The van der Waals surface area contributed by atoms with Crippen LogP contribution in [-0.2, 0) is 11.3 Å². The second-order valence-corrected chi connectivity index (χ2v) is 8.28. The van der Waals surface area contributed by atoms with Crippen molar-refractivity contribution < 1.29 is 15.0 Å². The maximum atomic E-state index is 11.5. The molecule has 1 aromatic rings. The van der Waals surface area contributed by atoms with Crippen molar-refractivity contribution in [2.75, 3.05) is 0 Å². The molecule has 0 aliphatic carbocycles. The Kier molecular flexibility index (Phi) is 15.4. The Labute approximate surface area is 178 Å². The van der Waals surface area contributed by atoms with Crippen LogP contribution in [0.25, 0.3) is 0 Å². The molecule has 0 bridgehead atoms. The molecule has 0 aliphatic heterocycles. The van der Waals surface area contributed by atoms with E-state index in [9.17, 15) is 15.0 Å². The largest absolute Gasteiger partial charge is 0.480 e. The van der Waals surface area contributed by atoms with Crippen LogP contribution in [0.4, 0.5) is 0 Å². The van der Waals surface area contributed by atoms with Gasteiger partial charge in [0.1, 0.15) is 6.04 Å². The van der Waals surface area contributed by atoms with Gasteiger partial charge < -0.3 is 10.2 Å². The Morgan fingerprint density at radius 2 is 1.31 bits per heavy atom. The normalized spacial score (nSPS) is 13.3. The maximum absolute atomic E-state index is 11.5. The van der Waals surface area contributed by atoms with Crippen molar-refractivity contribution in [1.82, 2.24) is 5.32 Å². The van der Waals surface area contributed by atoms with Crippen LogP contribution in [0, 0.1) is 0 Å². The minimum atomic E-state index is -0.983. The van der Waals surface area contributed by atoms with Crippen molar-refractivity contribution in [3.05, 3.63) is 35.9 Å². The van der Waals surface area contributed by atoms with Gasteiger partial charge in [-0.3, -0.25) is 10.1 Å². The number of aliphatic hydroxyl groups excluding tert-OH is 1. The highest BCUT2D eigenvalue weighted by molar-refractivity contribution is 5.74. The van der Waals surface area contributed by atoms with E-state index in [0.717, 1.165) is 18.4 Å². The van der Waals surface area contributed by atoms with Crippen LogP contribution >= 0.6 is 0 Å². The Morgan fingerprint density at radius 3 is 1.79 bits per heavy atom. The molecule has 166 valence electrons. The average Bonchev–Trinajstić information content (AvgIpc) is 2.72. The van der Waals surface area contributed by atoms with Crippen LogP contribution < -0.4 is 5.32 Å². The second kappa shape index (κ2) is 17.5. The lowest BCUT2D eigenvalue weighted by molar-refractivity contribution is -0.142. The first-order valence-corrected chi connectivity index (χ1v) is 11.8. The van der Waals surface area contributed by atoms with Gasteiger partial charge in [-0.2, -0.15) is 0 Å². The summed E-state index contributed by atoms with van der Waals surface area (Å²) >= 11 is 0. The van der Waals surface area contributed by atoms with Crippen LogP contribution in [-0.4, -0.2) is 28.3 Å². The maximum Gasteiger partial charge on any atom is 0.323 e. The van der Waals surface area contributed by atoms with E-state index < -0.39 is 18.1 Å². The predicted molar refractivity (Wildman–Crippen MR) is 121 cm³/mol. The average molecular weight is 406 g/mol. The van der Waals surface area contributed by atoms with Crippen LogP contribution in [0.15, 0.2) is 30.3 Å². The summed E-state index contributed by atoms with van der Waals surface area (Å²) in [6.45, 7) is 2.71. The van der Waals surface area contributed by atoms with Gasteiger partial charge in [-0.15, -0.1) is 0 Å². The molecule has 3 N–H and O–H groups in total. The predicted octanol–water partition coefficient (Wildman–Crippen LogP) is 6.07. The summed E-state index contributed by atoms with van der Waals surface area (Å²) in [4.78, 5) is 11.5. The molecule has 1 rings (SSSR count). The van der Waals surface area contributed by atoms with Gasteiger partial charge in [-0.05, 0) is 12.0 Å². The monoisotopic (exact) mass is 405 g/mol. The standard InChI is InChI=1S/C25H43NO3/c1-2-3-4-5-6-7-8-9-10-11-12-13-17-20-23(27)24(25(28)29)26-21-22-18-15-14-16-19-22/h14-16,18-19,23-24,26-27H,2-13,17,20-21H2,1H3,(H,28,29). The molecule has 2 unspecified atom stereocenters. The van der Waals surface area contributed by atoms with Crippen molar-refractivity contribution in [2.45, 2.75) is 116 Å². The van der Waals surface area contributed by atoms with E-state index in [2.05, 4.69) is 12.2 Å². The third-order valence-corrected chi connectivity index (χ3v) is 5.62. The number of aliphatic hydroxyl groups is 1. The lowest BCUT2D eigenvalue weighted by atomic mass is 10.0. The van der Waals surface area contributed by atoms with Crippen LogP contribution in [0.3, 0.4) is 0 Å². The Balaban J connectivity index is 2.02. The van der Waals surface area contributed by atoms with E-state index >= 15 is 0 Å². The van der Waals surface area contributed by atoms with Gasteiger partial charge in [0, 0.05) is 6.54 Å². The third-order valence-electron chi connectivity index (χ3n) is 5.62. The van der Waals surface area contributed by atoms with E-state index in [-0.39, 0.29) is 0 Å². The molecule has 4 heteroatoms. The lowest BCUT2D eigenvalue weighted by Gasteiger charge is -2.20. The van der Waals surface area contributed by atoms with Gasteiger partial charge in [0.15, 0.2) is 0 Å². The van der Waals surface area contributed by atoms with Crippen molar-refractivity contribution in [3.63, 3.8) is 0 Å². The fourth-order valence-electron chi connectivity index (χ4n) is 3.75. The summed E-state index contributed by atoms with van der Waals surface area (Å²) in [5.41, 5.74) is 1.02. The summed E-state index contributed by atoms with van der Waals surface area (Å²) in [5, 5.41) is 22.7. The minimum Gasteiger partial charge on any atom is -0.480 e. The first-order chi connectivity index (χ1) is 14.1. The number of unbranched alkanes of at least 4 members (excludes halogenated alkanes) is 12. The fraction of sp³-hybridized carbons (Fsp3) is 0.720. The highest BCUT2D eigenvalue weighted by Crippen LogP contribution is 2.14. The van der Waals surface area contributed by atoms with Crippen LogP contribution in [0.5, 0.6) is 0 Å². The van der Waals surface area contributed by atoms with E-state index in [1.807, 2.05) is 30.3 Å². The summed E-state index contributed by atoms with van der Waals surface area (Å²) in [5.74, 6) is -0.983. The topological polar surface area (TPSA) is 69.6 Å². The molecule has 0 aliphatic rings. The highest BCUT2D eigenvalue weighted by Gasteiger charge is 2.25. The number of hydrogen-bond acceptors (Lipinski definition) is 3. The zero-order valence-electron chi connectivity index (χ0n) is 18.5. The Hall–Kier alpha value is -1.39. The van der Waals surface area contributed by atoms with Crippen molar-refractivity contribution in [2.24, 2.45) is 0 Å². The van der Waals surface area contributed by atoms with Gasteiger partial charge in [0.05, 0.1) is 6.10 Å². The Bertz CT molecular complexity index is 506. The van der Waals surface area contributed by atoms with E-state index in [1.165, 1.54) is 70.6 Å². The van der Waals surface area contributed by atoms with E-state index in [1.54, 1.807) is 0 Å². The first-order valence-electron chi connectivity index (χ1n) is 11.8. The zero-order valence-corrected chi connectivity index (χ0v) is 18.5. The summed E-state index contributed by atoms with van der Waals surface area (Å²) in [7, 11) is 0. The SMILES string of the molecule is CCCCCCCCCCCCCCCC(O)C(NCc1ccccc1)C(=O)O. The van der Waals surface area contributed by atoms with E-state index in [4.69, 9.17) is 0 Å². The number of hydrogen-bond donors (Lipinski definition) is 3. The molecular formula is C25H43NO3. The third kappa shape index (κ3) is 13.5. The molecule has 0 amide bonds. The number of carboxylic acid groups (broad SMARTS) is 1. The van der Waals surface area contributed by atoms with Crippen molar-refractivity contribution in [1.29, 1.82) is 0 Å². The fourth-order valence-corrected chi connectivity index (χ4v) is 3.75. The molecule has 2 atom stereocenters. The van der Waals surface area contributed by atoms with Gasteiger partial charge in [0.2, 0.25) is 0 Å². The molecule has 0 heterocycles. The minimum absolute atomic E-state index is 0.452. The second-order valence-electron chi connectivity index (χ2n) is 8.28. The molecule has 4 nitrogen and oxygen atoms in total. The number of nitrogens with one attached hydrogen (secondary N) is 1. The van der Waals surface area contributed by atoms with Gasteiger partial charge >= 0.3 is 5.97 Å². The molecule has 0 saturated heterocycles. The number of carboxylic acids is 1. The first kappa shape index (κ1) is 25.6. The number of benzene rings is 1. The molecule has 0 radical (unpaired) electrons. The van der Waals surface area contributed by atoms with Crippen molar-refractivity contribution in [3.8, 4) is 0 Å². The number of rotatable bonds is 19. The Morgan fingerprint density at radius 1 is 0.828 bits per heavy atom. The quantitative estimate of drug-likeness (QED) is 0.244. The molecule has 0 saturated carbocycles. The summed E-state index contributed by atoms with van der Waals surface area (Å²) < 4.78 is 0. The lowest BCUT2D eigenvalue weighted by Crippen LogP contribution is -2.45. The summed E-state index contributed by atoms with van der Waals surface area (Å²) in [6, 6.07) is 8.78. The molecule has 29 heavy (non-hydrogen) atoms. The van der Waals surface area contributed by atoms with E-state index in [0.29, 0.717) is 13.0 Å². The summed E-state index contributed by atoms with van der Waals surface area (Å²) in [6.07, 6.45) is 16.3. The number of aliphatic carboxylic acids is 1. The highest BCUT2D eigenvalue weighted by atomic mass is 16.4. The molecule has 0 spiro atoms. The van der Waals surface area contributed by atoms with Gasteiger partial charge in [-0.1, -0.05) is 121 Å². The number of carbonyl (C=O) groups is 1. The zero-order chi connectivity index (χ0) is 21.2. The van der Waals surface area contributed by atoms with Crippen LogP contribution in [0.2, 0.25) is 0 Å². The van der Waals surface area contributed by atoms with Gasteiger partial charge in [0.25, 0.3) is 0 Å². The smallest absolute Gasteiger partial charge is 0.323 e. The molecule has 0 fully saturated rings. The van der Waals surface area contributed by atoms with Gasteiger partial charge in [-0.25, -0.2) is 0 Å². The molecule has 0 aromatic heterocycles.